The Morgan fingerprint density at radius 1 is 1.60 bits per heavy atom. The van der Waals surface area contributed by atoms with Crippen LogP contribution in [-0.4, -0.2) is 29.5 Å². The molecular weight excluding hydrogens is 210 g/mol. The lowest BCUT2D eigenvalue weighted by Crippen LogP contribution is -2.30. The van der Waals surface area contributed by atoms with Crippen LogP contribution in [0.15, 0.2) is 0 Å². The predicted octanol–water partition coefficient (Wildman–Crippen LogP) is 2.32. The van der Waals surface area contributed by atoms with Crippen molar-refractivity contribution in [3.8, 4) is 6.07 Å². The van der Waals surface area contributed by atoms with Crippen LogP contribution in [0, 0.1) is 11.3 Å². The van der Waals surface area contributed by atoms with E-state index in [0.29, 0.717) is 18.3 Å². The molecule has 2 aliphatic rings. The Hall–Kier alpha value is -0.240. The van der Waals surface area contributed by atoms with E-state index in [9.17, 15) is 0 Å². The van der Waals surface area contributed by atoms with E-state index in [2.05, 4.69) is 6.07 Å². The van der Waals surface area contributed by atoms with E-state index in [1.807, 2.05) is 18.7 Å². The molecule has 0 spiro atoms. The molecule has 0 bridgehead atoms. The fourth-order valence-corrected chi connectivity index (χ4v) is 3.64. The highest BCUT2D eigenvalue weighted by Crippen LogP contribution is 2.37. The molecule has 0 aromatic rings. The van der Waals surface area contributed by atoms with E-state index in [1.54, 1.807) is 0 Å². The van der Waals surface area contributed by atoms with Gasteiger partial charge in [0.1, 0.15) is 0 Å². The molecule has 2 fully saturated rings. The van der Waals surface area contributed by atoms with Gasteiger partial charge in [-0.1, -0.05) is 0 Å². The van der Waals surface area contributed by atoms with Gasteiger partial charge in [-0.3, -0.25) is 0 Å². The first-order valence-electron chi connectivity index (χ1n) is 5.52. The highest BCUT2D eigenvalue weighted by molar-refractivity contribution is 8.00. The minimum atomic E-state index is -0.441. The van der Waals surface area contributed by atoms with Gasteiger partial charge in [-0.25, -0.2) is 0 Å². The number of nitrogens with zero attached hydrogens (tertiary/aromatic N) is 1. The van der Waals surface area contributed by atoms with Gasteiger partial charge in [0.25, 0.3) is 0 Å². The van der Waals surface area contributed by atoms with Gasteiger partial charge in [-0.15, -0.1) is 0 Å². The van der Waals surface area contributed by atoms with Crippen LogP contribution in [0.2, 0.25) is 0 Å². The summed E-state index contributed by atoms with van der Waals surface area (Å²) >= 11 is 2.02. The number of hydrogen-bond donors (Lipinski definition) is 0. The van der Waals surface area contributed by atoms with Crippen LogP contribution in [0.4, 0.5) is 0 Å². The van der Waals surface area contributed by atoms with Gasteiger partial charge in [-0.05, 0) is 25.5 Å². The number of hydrogen-bond acceptors (Lipinski definition) is 4. The number of ether oxygens (including phenoxy) is 2. The molecule has 3 nitrogen and oxygen atoms in total. The molecule has 15 heavy (non-hydrogen) atoms. The van der Waals surface area contributed by atoms with E-state index in [0.717, 1.165) is 6.42 Å². The van der Waals surface area contributed by atoms with E-state index in [4.69, 9.17) is 14.7 Å². The van der Waals surface area contributed by atoms with Gasteiger partial charge < -0.3 is 9.47 Å². The molecule has 4 heteroatoms. The highest BCUT2D eigenvalue weighted by atomic mass is 32.2. The van der Waals surface area contributed by atoms with E-state index in [1.165, 1.54) is 18.6 Å². The highest BCUT2D eigenvalue weighted by Gasteiger charge is 2.39. The lowest BCUT2D eigenvalue weighted by Gasteiger charge is -2.25. The zero-order valence-corrected chi connectivity index (χ0v) is 9.89. The maximum Gasteiger partial charge on any atom is 0.167 e. The van der Waals surface area contributed by atoms with Crippen LogP contribution < -0.4 is 0 Å². The minimum absolute atomic E-state index is 0.0218. The topological polar surface area (TPSA) is 42.2 Å². The second kappa shape index (κ2) is 4.73. The monoisotopic (exact) mass is 227 g/mol. The summed E-state index contributed by atoms with van der Waals surface area (Å²) in [6, 6.07) is 2.13. The van der Waals surface area contributed by atoms with Crippen molar-refractivity contribution in [3.63, 3.8) is 0 Å². The lowest BCUT2D eigenvalue weighted by molar-refractivity contribution is -0.157. The summed E-state index contributed by atoms with van der Waals surface area (Å²) in [7, 11) is 0. The Morgan fingerprint density at radius 2 is 2.47 bits per heavy atom. The third-order valence-corrected chi connectivity index (χ3v) is 4.33. The van der Waals surface area contributed by atoms with Crippen molar-refractivity contribution in [2.24, 2.45) is 0 Å². The number of thioether (sulfide) groups is 1. The fourth-order valence-electron chi connectivity index (χ4n) is 2.22. The molecular formula is C11H17NO2S. The second-order valence-corrected chi connectivity index (χ2v) is 5.79. The molecule has 84 valence electrons. The fraction of sp³-hybridized carbons (Fsp3) is 0.909. The normalized spacial score (nSPS) is 40.5. The Bertz CT molecular complexity index is 260. The minimum Gasteiger partial charge on any atom is -0.347 e. The molecule has 2 aliphatic heterocycles. The average molecular weight is 227 g/mol. The molecule has 0 aromatic heterocycles. The summed E-state index contributed by atoms with van der Waals surface area (Å²) in [5.74, 6) is 0.825. The van der Waals surface area contributed by atoms with Gasteiger partial charge in [0.2, 0.25) is 0 Å². The van der Waals surface area contributed by atoms with Crippen LogP contribution in [-0.2, 0) is 9.47 Å². The van der Waals surface area contributed by atoms with E-state index >= 15 is 0 Å². The van der Waals surface area contributed by atoms with Crippen molar-refractivity contribution in [1.82, 2.24) is 0 Å². The Morgan fingerprint density at radius 3 is 3.13 bits per heavy atom. The first-order valence-corrected chi connectivity index (χ1v) is 6.57. The van der Waals surface area contributed by atoms with Gasteiger partial charge in [0, 0.05) is 11.7 Å². The van der Waals surface area contributed by atoms with Crippen LogP contribution >= 0.6 is 11.8 Å². The molecule has 3 unspecified atom stereocenters. The summed E-state index contributed by atoms with van der Waals surface area (Å²) in [5.41, 5.74) is 0. The van der Waals surface area contributed by atoms with Crippen LogP contribution in [0.3, 0.4) is 0 Å². The summed E-state index contributed by atoms with van der Waals surface area (Å²) in [5, 5.41) is 9.27. The van der Waals surface area contributed by atoms with Crippen molar-refractivity contribution in [2.75, 3.05) is 12.4 Å². The molecule has 0 N–H and O–H groups in total. The van der Waals surface area contributed by atoms with E-state index in [-0.39, 0.29) is 6.10 Å². The van der Waals surface area contributed by atoms with Gasteiger partial charge in [0.05, 0.1) is 25.2 Å². The summed E-state index contributed by atoms with van der Waals surface area (Å²) in [6.45, 7) is 2.57. The Balaban J connectivity index is 1.83. The molecule has 0 amide bonds. The molecule has 0 aliphatic carbocycles. The van der Waals surface area contributed by atoms with Crippen molar-refractivity contribution in [1.29, 1.82) is 5.26 Å². The molecule has 3 atom stereocenters. The molecule has 2 heterocycles. The Labute approximate surface area is 95.1 Å². The SMILES string of the molecule is CC1(CC2CCCS2)OCC(CC#N)O1. The molecule has 0 aromatic carbocycles. The van der Waals surface area contributed by atoms with Crippen molar-refractivity contribution >= 4 is 11.8 Å². The first-order chi connectivity index (χ1) is 7.22. The summed E-state index contributed by atoms with van der Waals surface area (Å²) < 4.78 is 11.5. The van der Waals surface area contributed by atoms with Crippen LogP contribution in [0.25, 0.3) is 0 Å². The second-order valence-electron chi connectivity index (χ2n) is 4.39. The van der Waals surface area contributed by atoms with Crippen molar-refractivity contribution < 1.29 is 9.47 Å². The third kappa shape index (κ3) is 2.87. The van der Waals surface area contributed by atoms with Gasteiger partial charge in [0.15, 0.2) is 5.79 Å². The lowest BCUT2D eigenvalue weighted by atomic mass is 10.1. The predicted molar refractivity (Wildman–Crippen MR) is 59.6 cm³/mol. The van der Waals surface area contributed by atoms with Crippen molar-refractivity contribution in [2.45, 2.75) is 49.7 Å². The van der Waals surface area contributed by atoms with Crippen LogP contribution in [0.1, 0.15) is 32.6 Å². The molecule has 2 rings (SSSR count). The van der Waals surface area contributed by atoms with Gasteiger partial charge in [-0.2, -0.15) is 17.0 Å². The molecule has 0 saturated carbocycles. The smallest absolute Gasteiger partial charge is 0.167 e. The average Bonchev–Trinajstić information content (AvgIpc) is 2.78. The maximum absolute atomic E-state index is 8.59. The quantitative estimate of drug-likeness (QED) is 0.742. The summed E-state index contributed by atoms with van der Waals surface area (Å²) in [4.78, 5) is 0. The molecule has 2 saturated heterocycles. The third-order valence-electron chi connectivity index (χ3n) is 2.93. The van der Waals surface area contributed by atoms with Gasteiger partial charge >= 0.3 is 0 Å². The molecule has 0 radical (unpaired) electrons. The first kappa shape index (κ1) is 11.3. The zero-order valence-electron chi connectivity index (χ0n) is 9.07. The zero-order chi connectivity index (χ0) is 10.7. The Kier molecular flexibility index (Phi) is 3.55. The maximum atomic E-state index is 8.59. The van der Waals surface area contributed by atoms with E-state index < -0.39 is 5.79 Å². The standard InChI is InChI=1S/C11H17NO2S/c1-11(7-10-3-2-6-15-10)13-8-9(14-11)4-5-12/h9-10H,2-4,6-8H2,1H3. The number of rotatable bonds is 3. The summed E-state index contributed by atoms with van der Waals surface area (Å²) in [6.07, 6.45) is 3.96. The largest absolute Gasteiger partial charge is 0.347 e. The van der Waals surface area contributed by atoms with Crippen molar-refractivity contribution in [3.05, 3.63) is 0 Å². The van der Waals surface area contributed by atoms with Crippen LogP contribution in [0.5, 0.6) is 0 Å². The number of nitriles is 1.